The third-order valence-corrected chi connectivity index (χ3v) is 6.80. The lowest BCUT2D eigenvalue weighted by Crippen LogP contribution is -2.47. The largest absolute Gasteiger partial charge is 0.496 e. The highest BCUT2D eigenvalue weighted by Gasteiger charge is 2.25. The highest BCUT2D eigenvalue weighted by atomic mass is 16.5. The van der Waals surface area contributed by atoms with E-state index in [1.807, 2.05) is 51.0 Å². The summed E-state index contributed by atoms with van der Waals surface area (Å²) in [5, 5.41) is 3.38. The first kappa shape index (κ1) is 23.2. The van der Waals surface area contributed by atoms with Gasteiger partial charge in [-0.3, -0.25) is 4.79 Å². The third kappa shape index (κ3) is 4.32. The van der Waals surface area contributed by atoms with Gasteiger partial charge in [0.15, 0.2) is 0 Å². The summed E-state index contributed by atoms with van der Waals surface area (Å²) in [5.41, 5.74) is 5.57. The second-order valence-electron chi connectivity index (χ2n) is 9.50. The van der Waals surface area contributed by atoms with E-state index in [1.165, 1.54) is 10.8 Å². The molecule has 1 saturated heterocycles. The number of furan rings is 1. The van der Waals surface area contributed by atoms with Crippen LogP contribution in [0, 0.1) is 6.92 Å². The molecule has 0 N–H and O–H groups in total. The lowest BCUT2D eigenvalue weighted by molar-refractivity contribution is -0.137. The summed E-state index contributed by atoms with van der Waals surface area (Å²) in [4.78, 5) is 15.0. The number of carbonyl (C=O) groups is 1. The fourth-order valence-electron chi connectivity index (χ4n) is 5.16. The Kier molecular flexibility index (Phi) is 6.12. The molecule has 0 spiro atoms. The highest BCUT2D eigenvalue weighted by molar-refractivity contribution is 6.02. The Morgan fingerprint density at radius 2 is 1.77 bits per heavy atom. The Morgan fingerprint density at radius 1 is 1.06 bits per heavy atom. The molecule has 2 heterocycles. The molecule has 4 aromatic rings. The topological polar surface area (TPSA) is 51.9 Å². The van der Waals surface area contributed by atoms with Gasteiger partial charge < -0.3 is 18.8 Å². The molecule has 0 aliphatic carbocycles. The van der Waals surface area contributed by atoms with Gasteiger partial charge in [-0.05, 0) is 61.7 Å². The van der Waals surface area contributed by atoms with E-state index < -0.39 is 0 Å². The van der Waals surface area contributed by atoms with Crippen LogP contribution in [0.2, 0.25) is 0 Å². The fourth-order valence-corrected chi connectivity index (χ4v) is 5.16. The van der Waals surface area contributed by atoms with Crippen molar-refractivity contribution in [3.8, 4) is 16.9 Å². The number of hydrogen-bond acceptors (Lipinski definition) is 4. The molecule has 1 fully saturated rings. The van der Waals surface area contributed by atoms with Gasteiger partial charge >= 0.3 is 0 Å². The molecular weight excluding hydrogens is 438 g/mol. The van der Waals surface area contributed by atoms with Crippen LogP contribution in [0.25, 0.3) is 38.4 Å². The minimum atomic E-state index is -0.00810. The summed E-state index contributed by atoms with van der Waals surface area (Å²) in [6, 6.07) is 16.9. The summed E-state index contributed by atoms with van der Waals surface area (Å²) in [6.07, 6.45) is 3.58. The Hall–Kier alpha value is -3.57. The predicted molar refractivity (Wildman–Crippen MR) is 141 cm³/mol. The Morgan fingerprint density at radius 3 is 2.49 bits per heavy atom. The maximum Gasteiger partial charge on any atom is 0.247 e. The van der Waals surface area contributed by atoms with Gasteiger partial charge in [0.2, 0.25) is 5.91 Å². The van der Waals surface area contributed by atoms with Crippen molar-refractivity contribution in [3.05, 3.63) is 72.0 Å². The molecular formula is C30H31NO4. The van der Waals surface area contributed by atoms with Crippen molar-refractivity contribution in [3.63, 3.8) is 0 Å². The van der Waals surface area contributed by atoms with Crippen molar-refractivity contribution in [1.29, 1.82) is 0 Å². The minimum Gasteiger partial charge on any atom is -0.496 e. The molecule has 0 bridgehead atoms. The zero-order valence-electron chi connectivity index (χ0n) is 20.9. The smallest absolute Gasteiger partial charge is 0.247 e. The lowest BCUT2D eigenvalue weighted by atomic mass is 9.95. The SMILES string of the molecule is COc1c(/C(C)=C/C(=O)N2CC(C)OC(C)C2)cc2c(-c3ccc4ccccc4c3)coc2c1C. The number of benzene rings is 3. The van der Waals surface area contributed by atoms with Crippen LogP contribution in [0.4, 0.5) is 0 Å². The second-order valence-corrected chi connectivity index (χ2v) is 9.50. The van der Waals surface area contributed by atoms with Gasteiger partial charge in [-0.1, -0.05) is 36.4 Å². The summed E-state index contributed by atoms with van der Waals surface area (Å²) in [6.45, 7) is 9.15. The van der Waals surface area contributed by atoms with E-state index in [0.29, 0.717) is 13.1 Å². The van der Waals surface area contributed by atoms with Gasteiger partial charge in [-0.2, -0.15) is 0 Å². The maximum absolute atomic E-state index is 13.1. The van der Waals surface area contributed by atoms with Gasteiger partial charge in [0.05, 0.1) is 25.6 Å². The summed E-state index contributed by atoms with van der Waals surface area (Å²) >= 11 is 0. The number of carbonyl (C=O) groups excluding carboxylic acids is 1. The minimum absolute atomic E-state index is 0.00810. The van der Waals surface area contributed by atoms with Crippen LogP contribution >= 0.6 is 0 Å². The van der Waals surface area contributed by atoms with E-state index in [2.05, 4.69) is 36.4 Å². The summed E-state index contributed by atoms with van der Waals surface area (Å²) in [5.74, 6) is 0.716. The van der Waals surface area contributed by atoms with E-state index >= 15 is 0 Å². The molecule has 1 amide bonds. The molecule has 5 nitrogen and oxygen atoms in total. The van der Waals surface area contributed by atoms with Crippen LogP contribution in [0.5, 0.6) is 5.75 Å². The number of aryl methyl sites for hydroxylation is 1. The van der Waals surface area contributed by atoms with E-state index in [4.69, 9.17) is 13.9 Å². The van der Waals surface area contributed by atoms with Crippen LogP contribution < -0.4 is 4.74 Å². The van der Waals surface area contributed by atoms with Crippen molar-refractivity contribution in [2.75, 3.05) is 20.2 Å². The lowest BCUT2D eigenvalue weighted by Gasteiger charge is -2.34. The first-order valence-corrected chi connectivity index (χ1v) is 12.1. The van der Waals surface area contributed by atoms with Crippen LogP contribution in [-0.2, 0) is 9.53 Å². The summed E-state index contributed by atoms with van der Waals surface area (Å²) < 4.78 is 17.6. The molecule has 1 aliphatic heterocycles. The number of ether oxygens (including phenoxy) is 2. The second kappa shape index (κ2) is 9.23. The molecule has 3 aromatic carbocycles. The molecule has 180 valence electrons. The molecule has 0 radical (unpaired) electrons. The highest BCUT2D eigenvalue weighted by Crippen LogP contribution is 2.41. The molecule has 5 heteroatoms. The van der Waals surface area contributed by atoms with Crippen LogP contribution in [-0.4, -0.2) is 43.2 Å². The van der Waals surface area contributed by atoms with Crippen LogP contribution in [0.15, 0.2) is 65.3 Å². The number of morpholine rings is 1. The van der Waals surface area contributed by atoms with E-state index in [-0.39, 0.29) is 18.1 Å². The van der Waals surface area contributed by atoms with Gasteiger partial charge in [-0.15, -0.1) is 0 Å². The monoisotopic (exact) mass is 469 g/mol. The zero-order valence-corrected chi connectivity index (χ0v) is 20.9. The first-order chi connectivity index (χ1) is 16.9. The zero-order chi connectivity index (χ0) is 24.7. The number of fused-ring (bicyclic) bond motifs is 2. The standard InChI is InChI=1S/C30H31NO4/c1-18(12-28(32)31-15-19(2)35-20(3)16-31)25-14-26-27(17-34-30(26)21(4)29(25)33-5)24-11-10-22-8-6-7-9-23(22)13-24/h6-14,17,19-20H,15-16H2,1-5H3/b18-12+. The molecule has 1 aliphatic rings. The van der Waals surface area contributed by atoms with Gasteiger partial charge in [-0.25, -0.2) is 0 Å². The van der Waals surface area contributed by atoms with Crippen molar-refractivity contribution < 1.29 is 18.7 Å². The Labute approximate surface area is 205 Å². The van der Waals surface area contributed by atoms with Gasteiger partial charge in [0.1, 0.15) is 11.3 Å². The number of rotatable bonds is 4. The fraction of sp³-hybridized carbons (Fsp3) is 0.300. The number of amides is 1. The quantitative estimate of drug-likeness (QED) is 0.316. The van der Waals surface area contributed by atoms with E-state index in [0.717, 1.165) is 44.5 Å². The van der Waals surface area contributed by atoms with Crippen LogP contribution in [0.1, 0.15) is 31.9 Å². The molecule has 1 aromatic heterocycles. The molecule has 2 unspecified atom stereocenters. The average Bonchev–Trinajstić information content (AvgIpc) is 3.27. The normalized spacial score (nSPS) is 18.9. The number of allylic oxidation sites excluding steroid dienone is 1. The molecule has 5 rings (SSSR count). The maximum atomic E-state index is 13.1. The van der Waals surface area contributed by atoms with E-state index in [9.17, 15) is 4.79 Å². The summed E-state index contributed by atoms with van der Waals surface area (Å²) in [7, 11) is 1.66. The number of hydrogen-bond donors (Lipinski definition) is 0. The predicted octanol–water partition coefficient (Wildman–Crippen LogP) is 6.61. The number of methoxy groups -OCH3 is 1. The van der Waals surface area contributed by atoms with Crippen LogP contribution in [0.3, 0.4) is 0 Å². The van der Waals surface area contributed by atoms with E-state index in [1.54, 1.807) is 13.2 Å². The van der Waals surface area contributed by atoms with Crippen molar-refractivity contribution in [1.82, 2.24) is 4.90 Å². The Balaban J connectivity index is 1.58. The van der Waals surface area contributed by atoms with Crippen molar-refractivity contribution in [2.24, 2.45) is 0 Å². The molecule has 2 atom stereocenters. The van der Waals surface area contributed by atoms with Gasteiger partial charge in [0.25, 0.3) is 0 Å². The van der Waals surface area contributed by atoms with Crippen molar-refractivity contribution >= 4 is 33.2 Å². The van der Waals surface area contributed by atoms with Crippen molar-refractivity contribution in [2.45, 2.75) is 39.9 Å². The number of nitrogens with zero attached hydrogens (tertiary/aromatic N) is 1. The molecule has 0 saturated carbocycles. The van der Waals surface area contributed by atoms with Gasteiger partial charge in [0, 0.05) is 41.2 Å². The average molecular weight is 470 g/mol. The molecule has 35 heavy (non-hydrogen) atoms. The first-order valence-electron chi connectivity index (χ1n) is 12.1. The Bertz CT molecular complexity index is 1440. The third-order valence-electron chi connectivity index (χ3n) is 6.80.